The topological polar surface area (TPSA) is 38.7 Å². The highest BCUT2D eigenvalue weighted by Gasteiger charge is 2.45. The zero-order chi connectivity index (χ0) is 13.3. The van der Waals surface area contributed by atoms with E-state index in [1.54, 1.807) is 0 Å². The van der Waals surface area contributed by atoms with Crippen LogP contribution in [0.5, 0.6) is 0 Å². The van der Waals surface area contributed by atoms with Crippen molar-refractivity contribution in [1.29, 1.82) is 0 Å². The maximum Gasteiger partial charge on any atom is 0.168 e. The first-order valence-electron chi connectivity index (χ1n) is 7.16. The van der Waals surface area contributed by atoms with Crippen LogP contribution in [-0.2, 0) is 15.9 Å². The minimum Gasteiger partial charge on any atom is -0.390 e. The molecule has 0 aromatic heterocycles. The summed E-state index contributed by atoms with van der Waals surface area (Å²) < 4.78 is 11.4. The van der Waals surface area contributed by atoms with Crippen molar-refractivity contribution in [3.8, 4) is 0 Å². The van der Waals surface area contributed by atoms with E-state index < -0.39 is 11.4 Å². The van der Waals surface area contributed by atoms with Crippen molar-refractivity contribution in [1.82, 2.24) is 0 Å². The second-order valence-corrected chi connectivity index (χ2v) is 5.94. The lowest BCUT2D eigenvalue weighted by molar-refractivity contribution is -0.202. The molecule has 3 nitrogen and oxygen atoms in total. The van der Waals surface area contributed by atoms with E-state index in [9.17, 15) is 5.11 Å². The molecule has 1 heterocycles. The fourth-order valence-electron chi connectivity index (χ4n) is 3.22. The highest BCUT2D eigenvalue weighted by atomic mass is 16.7. The highest BCUT2D eigenvalue weighted by Crippen LogP contribution is 2.41. The van der Waals surface area contributed by atoms with Gasteiger partial charge in [-0.25, -0.2) is 0 Å². The van der Waals surface area contributed by atoms with Gasteiger partial charge in [0.1, 0.15) is 0 Å². The number of aliphatic hydroxyl groups is 1. The molecule has 0 amide bonds. The molecule has 0 bridgehead atoms. The van der Waals surface area contributed by atoms with Gasteiger partial charge in [-0.1, -0.05) is 24.3 Å². The second kappa shape index (κ2) is 4.89. The molecule has 3 heteroatoms. The number of rotatable bonds is 2. The molecule has 1 saturated carbocycles. The van der Waals surface area contributed by atoms with Crippen LogP contribution in [0.1, 0.15) is 36.8 Å². The van der Waals surface area contributed by atoms with Gasteiger partial charge in [-0.05, 0) is 30.9 Å². The Hall–Kier alpha value is -0.900. The standard InChI is InChI=1S/C16H22O3/c1-13-4-2-3-5-14(13)12-15(17)6-8-16(9-7-15)18-10-11-19-16/h2-5,17H,6-12H2,1H3. The van der Waals surface area contributed by atoms with Crippen LogP contribution in [0.2, 0.25) is 0 Å². The van der Waals surface area contributed by atoms with E-state index in [-0.39, 0.29) is 0 Å². The van der Waals surface area contributed by atoms with Gasteiger partial charge >= 0.3 is 0 Å². The first kappa shape index (κ1) is 13.1. The summed E-state index contributed by atoms with van der Waals surface area (Å²) in [6, 6.07) is 8.30. The van der Waals surface area contributed by atoms with Gasteiger partial charge in [0.25, 0.3) is 0 Å². The Balaban J connectivity index is 1.67. The van der Waals surface area contributed by atoms with Crippen LogP contribution in [0.4, 0.5) is 0 Å². The number of ether oxygens (including phenoxy) is 2. The molecule has 104 valence electrons. The molecule has 19 heavy (non-hydrogen) atoms. The van der Waals surface area contributed by atoms with Gasteiger partial charge in [0.15, 0.2) is 5.79 Å². The van der Waals surface area contributed by atoms with Crippen molar-refractivity contribution in [2.24, 2.45) is 0 Å². The zero-order valence-corrected chi connectivity index (χ0v) is 11.5. The van der Waals surface area contributed by atoms with E-state index in [0.717, 1.165) is 32.1 Å². The summed E-state index contributed by atoms with van der Waals surface area (Å²) in [4.78, 5) is 0. The fraction of sp³-hybridized carbons (Fsp3) is 0.625. The van der Waals surface area contributed by atoms with Crippen LogP contribution in [0, 0.1) is 6.92 Å². The molecule has 0 radical (unpaired) electrons. The SMILES string of the molecule is Cc1ccccc1CC1(O)CCC2(CC1)OCCO2. The van der Waals surface area contributed by atoms with Crippen LogP contribution in [-0.4, -0.2) is 29.7 Å². The molecule has 2 fully saturated rings. The van der Waals surface area contributed by atoms with Crippen molar-refractivity contribution < 1.29 is 14.6 Å². The summed E-state index contributed by atoms with van der Waals surface area (Å²) in [5.74, 6) is -0.391. The van der Waals surface area contributed by atoms with Crippen LogP contribution in [0.25, 0.3) is 0 Å². The predicted octanol–water partition coefficient (Wildman–Crippen LogP) is 2.59. The molecular formula is C16H22O3. The monoisotopic (exact) mass is 262 g/mol. The molecule has 0 atom stereocenters. The average molecular weight is 262 g/mol. The first-order valence-corrected chi connectivity index (χ1v) is 7.16. The third-order valence-corrected chi connectivity index (χ3v) is 4.54. The Morgan fingerprint density at radius 1 is 1.05 bits per heavy atom. The minimum absolute atomic E-state index is 0.391. The summed E-state index contributed by atoms with van der Waals surface area (Å²) in [7, 11) is 0. The molecule has 1 aromatic rings. The Morgan fingerprint density at radius 3 is 2.32 bits per heavy atom. The van der Waals surface area contributed by atoms with Crippen LogP contribution >= 0.6 is 0 Å². The number of aryl methyl sites for hydroxylation is 1. The molecule has 0 unspecified atom stereocenters. The maximum atomic E-state index is 10.8. The van der Waals surface area contributed by atoms with Gasteiger partial charge in [0, 0.05) is 19.3 Å². The van der Waals surface area contributed by atoms with Gasteiger partial charge in [-0.15, -0.1) is 0 Å². The smallest absolute Gasteiger partial charge is 0.168 e. The summed E-state index contributed by atoms with van der Waals surface area (Å²) in [6.07, 6.45) is 3.84. The van der Waals surface area contributed by atoms with Gasteiger partial charge in [0.05, 0.1) is 18.8 Å². The third-order valence-electron chi connectivity index (χ3n) is 4.54. The molecule has 1 spiro atoms. The molecule has 1 N–H and O–H groups in total. The lowest BCUT2D eigenvalue weighted by Crippen LogP contribution is -2.44. The molecule has 3 rings (SSSR count). The Morgan fingerprint density at radius 2 is 1.68 bits per heavy atom. The zero-order valence-electron chi connectivity index (χ0n) is 11.5. The van der Waals surface area contributed by atoms with Crippen molar-refractivity contribution >= 4 is 0 Å². The Labute approximate surface area is 114 Å². The summed E-state index contributed by atoms with van der Waals surface area (Å²) in [5.41, 5.74) is 1.89. The average Bonchev–Trinajstić information content (AvgIpc) is 2.86. The van der Waals surface area contributed by atoms with Crippen molar-refractivity contribution in [2.75, 3.05) is 13.2 Å². The summed E-state index contributed by atoms with van der Waals surface area (Å²) in [5, 5.41) is 10.8. The number of benzene rings is 1. The quantitative estimate of drug-likeness (QED) is 0.890. The van der Waals surface area contributed by atoms with Crippen molar-refractivity contribution in [3.63, 3.8) is 0 Å². The highest BCUT2D eigenvalue weighted by molar-refractivity contribution is 5.27. The minimum atomic E-state index is -0.604. The number of hydrogen-bond donors (Lipinski definition) is 1. The fourth-order valence-corrected chi connectivity index (χ4v) is 3.22. The van der Waals surface area contributed by atoms with E-state index >= 15 is 0 Å². The molecule has 2 aliphatic rings. The molecular weight excluding hydrogens is 240 g/mol. The lowest BCUT2D eigenvalue weighted by atomic mass is 9.77. The normalized spacial score (nSPS) is 24.7. The van der Waals surface area contributed by atoms with Crippen LogP contribution in [0.3, 0.4) is 0 Å². The van der Waals surface area contributed by atoms with Gasteiger partial charge < -0.3 is 14.6 Å². The van der Waals surface area contributed by atoms with E-state index in [1.807, 2.05) is 12.1 Å². The second-order valence-electron chi connectivity index (χ2n) is 5.94. The predicted molar refractivity (Wildman–Crippen MR) is 72.9 cm³/mol. The number of hydrogen-bond acceptors (Lipinski definition) is 3. The van der Waals surface area contributed by atoms with E-state index in [0.29, 0.717) is 13.2 Å². The molecule has 1 aliphatic heterocycles. The molecule has 1 aliphatic carbocycles. The Bertz CT molecular complexity index is 439. The van der Waals surface area contributed by atoms with E-state index in [1.165, 1.54) is 11.1 Å². The molecule has 1 saturated heterocycles. The van der Waals surface area contributed by atoms with Crippen molar-refractivity contribution in [2.45, 2.75) is 50.4 Å². The van der Waals surface area contributed by atoms with E-state index in [2.05, 4.69) is 19.1 Å². The van der Waals surface area contributed by atoms with Gasteiger partial charge in [-0.3, -0.25) is 0 Å². The largest absolute Gasteiger partial charge is 0.390 e. The lowest BCUT2D eigenvalue weighted by Gasteiger charge is -2.40. The van der Waals surface area contributed by atoms with Gasteiger partial charge in [-0.2, -0.15) is 0 Å². The maximum absolute atomic E-state index is 10.8. The molecule has 1 aromatic carbocycles. The Kier molecular flexibility index (Phi) is 3.37. The van der Waals surface area contributed by atoms with E-state index in [4.69, 9.17) is 9.47 Å². The third kappa shape index (κ3) is 2.69. The first-order chi connectivity index (χ1) is 9.11. The summed E-state index contributed by atoms with van der Waals surface area (Å²) in [6.45, 7) is 3.48. The van der Waals surface area contributed by atoms with Crippen LogP contribution in [0.15, 0.2) is 24.3 Å². The van der Waals surface area contributed by atoms with Crippen LogP contribution < -0.4 is 0 Å². The van der Waals surface area contributed by atoms with Crippen molar-refractivity contribution in [3.05, 3.63) is 35.4 Å². The van der Waals surface area contributed by atoms with Gasteiger partial charge in [0.2, 0.25) is 0 Å². The summed E-state index contributed by atoms with van der Waals surface area (Å²) >= 11 is 0.